The maximum atomic E-state index is 10.2. The summed E-state index contributed by atoms with van der Waals surface area (Å²) in [5.41, 5.74) is 1.94. The molecule has 2 atom stereocenters. The fourth-order valence-corrected chi connectivity index (χ4v) is 2.74. The first kappa shape index (κ1) is 11.7. The highest BCUT2D eigenvalue weighted by Gasteiger charge is 2.25. The second-order valence-electron chi connectivity index (χ2n) is 4.54. The second-order valence-corrected chi connectivity index (χ2v) is 4.94. The molecule has 0 aliphatic heterocycles. The van der Waals surface area contributed by atoms with Gasteiger partial charge in [0.1, 0.15) is 5.75 Å². The Kier molecular flexibility index (Phi) is 3.41. The largest absolute Gasteiger partial charge is 0.496 e. The molecular weight excluding hydrogens is 224 g/mol. The quantitative estimate of drug-likeness (QED) is 0.763. The number of methoxy groups -OCH3 is 1. The lowest BCUT2D eigenvalue weighted by Gasteiger charge is -2.16. The molecule has 16 heavy (non-hydrogen) atoms. The van der Waals surface area contributed by atoms with Crippen LogP contribution in [-0.4, -0.2) is 12.2 Å². The molecule has 3 heteroatoms. The summed E-state index contributed by atoms with van der Waals surface area (Å²) in [4.78, 5) is 0. The smallest absolute Gasteiger partial charge is 0.122 e. The van der Waals surface area contributed by atoms with E-state index in [4.69, 9.17) is 16.3 Å². The van der Waals surface area contributed by atoms with E-state index < -0.39 is 6.10 Å². The summed E-state index contributed by atoms with van der Waals surface area (Å²) >= 11 is 6.17. The number of fused-ring (bicyclic) bond motifs is 1. The molecule has 1 aromatic rings. The van der Waals surface area contributed by atoms with E-state index in [0.29, 0.717) is 10.9 Å². The molecule has 0 amide bonds. The lowest BCUT2D eigenvalue weighted by molar-refractivity contribution is 0.150. The zero-order valence-corrected chi connectivity index (χ0v) is 10.4. The third kappa shape index (κ3) is 2.04. The third-order valence-electron chi connectivity index (χ3n) is 3.33. The highest BCUT2D eigenvalue weighted by molar-refractivity contribution is 6.31. The zero-order valence-electron chi connectivity index (χ0n) is 9.66. The lowest BCUT2D eigenvalue weighted by atomic mass is 9.99. The van der Waals surface area contributed by atoms with Crippen LogP contribution in [0.25, 0.3) is 0 Å². The molecule has 0 heterocycles. The number of aliphatic hydroxyl groups is 1. The van der Waals surface area contributed by atoms with E-state index in [1.807, 2.05) is 6.07 Å². The van der Waals surface area contributed by atoms with Crippen molar-refractivity contribution < 1.29 is 9.84 Å². The summed E-state index contributed by atoms with van der Waals surface area (Å²) in [5, 5.41) is 10.8. The van der Waals surface area contributed by atoms with Crippen molar-refractivity contribution in [3.63, 3.8) is 0 Å². The Hall–Kier alpha value is -0.730. The maximum Gasteiger partial charge on any atom is 0.122 e. The molecule has 0 saturated heterocycles. The second kappa shape index (κ2) is 4.64. The number of ether oxygens (including phenoxy) is 1. The van der Waals surface area contributed by atoms with E-state index in [1.54, 1.807) is 13.2 Å². The van der Waals surface area contributed by atoms with Crippen molar-refractivity contribution in [2.45, 2.75) is 32.3 Å². The molecule has 2 rings (SSSR count). The van der Waals surface area contributed by atoms with Crippen LogP contribution in [0.3, 0.4) is 0 Å². The Bertz CT molecular complexity index is 390. The number of halogens is 1. The van der Waals surface area contributed by atoms with Crippen LogP contribution < -0.4 is 4.74 Å². The van der Waals surface area contributed by atoms with Crippen LogP contribution in [0, 0.1) is 5.92 Å². The van der Waals surface area contributed by atoms with E-state index in [1.165, 1.54) is 0 Å². The van der Waals surface area contributed by atoms with E-state index in [9.17, 15) is 5.11 Å². The molecule has 2 unspecified atom stereocenters. The van der Waals surface area contributed by atoms with Crippen molar-refractivity contribution in [1.29, 1.82) is 0 Å². The fourth-order valence-electron chi connectivity index (χ4n) is 2.43. The van der Waals surface area contributed by atoms with Gasteiger partial charge in [-0.05, 0) is 37.3 Å². The van der Waals surface area contributed by atoms with Gasteiger partial charge in [0.15, 0.2) is 0 Å². The average Bonchev–Trinajstić information content (AvgIpc) is 2.39. The number of rotatable bonds is 1. The summed E-state index contributed by atoms with van der Waals surface area (Å²) in [6.07, 6.45) is 2.31. The van der Waals surface area contributed by atoms with Crippen LogP contribution in [0.4, 0.5) is 0 Å². The summed E-state index contributed by atoms with van der Waals surface area (Å²) < 4.78 is 5.34. The first-order chi connectivity index (χ1) is 7.63. The predicted octanol–water partition coefficient (Wildman–Crippen LogP) is 3.35. The molecule has 0 radical (unpaired) electrons. The molecule has 88 valence electrons. The van der Waals surface area contributed by atoms with Crippen LogP contribution >= 0.6 is 11.6 Å². The standard InChI is InChI=1S/C13H17ClO2/c1-8-3-4-9-12(16-2)6-5-10(14)13(9)11(15)7-8/h5-6,8,11,15H,3-4,7H2,1-2H3. The molecule has 1 N–H and O–H groups in total. The Labute approximate surface area is 101 Å². The fraction of sp³-hybridized carbons (Fsp3) is 0.538. The number of hydrogen-bond acceptors (Lipinski definition) is 2. The van der Waals surface area contributed by atoms with Gasteiger partial charge in [0.25, 0.3) is 0 Å². The average molecular weight is 241 g/mol. The van der Waals surface area contributed by atoms with Crippen LogP contribution in [0.2, 0.25) is 5.02 Å². The molecule has 0 bridgehead atoms. The number of hydrogen-bond donors (Lipinski definition) is 1. The van der Waals surface area contributed by atoms with E-state index in [-0.39, 0.29) is 0 Å². The Balaban J connectivity index is 2.52. The van der Waals surface area contributed by atoms with Crippen LogP contribution in [0.1, 0.15) is 37.0 Å². The van der Waals surface area contributed by atoms with Gasteiger partial charge in [0, 0.05) is 16.1 Å². The first-order valence-electron chi connectivity index (χ1n) is 5.66. The van der Waals surface area contributed by atoms with E-state index >= 15 is 0 Å². The predicted molar refractivity (Wildman–Crippen MR) is 65.1 cm³/mol. The van der Waals surface area contributed by atoms with Crippen LogP contribution in [-0.2, 0) is 6.42 Å². The van der Waals surface area contributed by atoms with E-state index in [2.05, 4.69) is 6.92 Å². The van der Waals surface area contributed by atoms with Gasteiger partial charge in [-0.2, -0.15) is 0 Å². The third-order valence-corrected chi connectivity index (χ3v) is 3.66. The van der Waals surface area contributed by atoms with Crippen molar-refractivity contribution in [2.24, 2.45) is 5.92 Å². The van der Waals surface area contributed by atoms with Gasteiger partial charge in [-0.3, -0.25) is 0 Å². The number of benzene rings is 1. The molecular formula is C13H17ClO2. The minimum atomic E-state index is -0.463. The van der Waals surface area contributed by atoms with Gasteiger partial charge in [0.2, 0.25) is 0 Å². The minimum Gasteiger partial charge on any atom is -0.496 e. The van der Waals surface area contributed by atoms with Crippen molar-refractivity contribution >= 4 is 11.6 Å². The number of aliphatic hydroxyl groups excluding tert-OH is 1. The highest BCUT2D eigenvalue weighted by Crippen LogP contribution is 2.40. The van der Waals surface area contributed by atoms with Crippen molar-refractivity contribution in [3.8, 4) is 5.75 Å². The molecule has 1 aliphatic rings. The van der Waals surface area contributed by atoms with Crippen molar-refractivity contribution in [1.82, 2.24) is 0 Å². The maximum absolute atomic E-state index is 10.2. The minimum absolute atomic E-state index is 0.463. The summed E-state index contributed by atoms with van der Waals surface area (Å²) in [7, 11) is 1.66. The molecule has 0 saturated carbocycles. The molecule has 0 spiro atoms. The SMILES string of the molecule is COc1ccc(Cl)c2c1CCC(C)CC2O. The molecule has 0 aromatic heterocycles. The molecule has 0 fully saturated rings. The zero-order chi connectivity index (χ0) is 11.7. The summed E-state index contributed by atoms with van der Waals surface area (Å²) in [6.45, 7) is 2.16. The summed E-state index contributed by atoms with van der Waals surface area (Å²) in [6, 6.07) is 3.68. The Morgan fingerprint density at radius 1 is 1.44 bits per heavy atom. The van der Waals surface area contributed by atoms with Crippen LogP contribution in [0.15, 0.2) is 12.1 Å². The first-order valence-corrected chi connectivity index (χ1v) is 6.04. The van der Waals surface area contributed by atoms with Crippen molar-refractivity contribution in [3.05, 3.63) is 28.3 Å². The summed E-state index contributed by atoms with van der Waals surface area (Å²) in [5.74, 6) is 1.36. The normalized spacial score (nSPS) is 24.8. The lowest BCUT2D eigenvalue weighted by Crippen LogP contribution is -2.03. The van der Waals surface area contributed by atoms with E-state index in [0.717, 1.165) is 36.1 Å². The topological polar surface area (TPSA) is 29.5 Å². The van der Waals surface area contributed by atoms with Gasteiger partial charge in [-0.1, -0.05) is 18.5 Å². The Morgan fingerprint density at radius 3 is 2.88 bits per heavy atom. The van der Waals surface area contributed by atoms with Gasteiger partial charge in [-0.25, -0.2) is 0 Å². The Morgan fingerprint density at radius 2 is 2.19 bits per heavy atom. The molecule has 1 aromatic carbocycles. The van der Waals surface area contributed by atoms with Gasteiger partial charge in [-0.15, -0.1) is 0 Å². The van der Waals surface area contributed by atoms with Gasteiger partial charge < -0.3 is 9.84 Å². The van der Waals surface area contributed by atoms with Gasteiger partial charge >= 0.3 is 0 Å². The monoisotopic (exact) mass is 240 g/mol. The van der Waals surface area contributed by atoms with Crippen LogP contribution in [0.5, 0.6) is 5.75 Å². The molecule has 1 aliphatic carbocycles. The molecule has 2 nitrogen and oxygen atoms in total. The highest BCUT2D eigenvalue weighted by atomic mass is 35.5. The van der Waals surface area contributed by atoms with Crippen molar-refractivity contribution in [2.75, 3.05) is 7.11 Å². The van der Waals surface area contributed by atoms with Gasteiger partial charge in [0.05, 0.1) is 13.2 Å².